The molecule has 0 bridgehead atoms. The first-order chi connectivity index (χ1) is 10.1. The summed E-state index contributed by atoms with van der Waals surface area (Å²) in [5, 5.41) is 2.96. The second kappa shape index (κ2) is 5.68. The van der Waals surface area contributed by atoms with Crippen LogP contribution in [0.2, 0.25) is 0 Å². The molecule has 1 atom stereocenters. The molecular formula is C16H18N2O3. The Balaban J connectivity index is 1.66. The summed E-state index contributed by atoms with van der Waals surface area (Å²) in [6.07, 6.45) is 3.40. The van der Waals surface area contributed by atoms with Gasteiger partial charge in [0.1, 0.15) is 6.54 Å². The van der Waals surface area contributed by atoms with E-state index in [9.17, 15) is 14.4 Å². The molecule has 1 aliphatic carbocycles. The SMILES string of the molecule is O=C(CN1C(=O)CCC1=O)N[C@@H]1CCCc2ccccc21. The van der Waals surface area contributed by atoms with Crippen LogP contribution in [0.25, 0.3) is 0 Å². The van der Waals surface area contributed by atoms with Crippen molar-refractivity contribution >= 4 is 17.7 Å². The molecule has 0 aromatic heterocycles. The van der Waals surface area contributed by atoms with Crippen molar-refractivity contribution in [1.29, 1.82) is 0 Å². The summed E-state index contributed by atoms with van der Waals surface area (Å²) in [4.78, 5) is 36.2. The van der Waals surface area contributed by atoms with Gasteiger partial charge in [0.25, 0.3) is 0 Å². The van der Waals surface area contributed by atoms with Gasteiger partial charge >= 0.3 is 0 Å². The molecule has 0 spiro atoms. The lowest BCUT2D eigenvalue weighted by molar-refractivity contribution is -0.142. The average Bonchev–Trinajstić information content (AvgIpc) is 2.79. The van der Waals surface area contributed by atoms with E-state index in [-0.39, 0.29) is 43.1 Å². The normalized spacial score (nSPS) is 21.3. The number of fused-ring (bicyclic) bond motifs is 1. The van der Waals surface area contributed by atoms with E-state index < -0.39 is 0 Å². The molecule has 0 radical (unpaired) electrons. The monoisotopic (exact) mass is 286 g/mol. The third kappa shape index (κ3) is 2.82. The molecule has 5 heteroatoms. The Morgan fingerprint density at radius 2 is 1.86 bits per heavy atom. The second-order valence-electron chi connectivity index (χ2n) is 5.58. The number of nitrogens with one attached hydrogen (secondary N) is 1. The van der Waals surface area contributed by atoms with E-state index in [4.69, 9.17) is 0 Å². The fraction of sp³-hybridized carbons (Fsp3) is 0.438. The summed E-state index contributed by atoms with van der Waals surface area (Å²) in [5.74, 6) is -0.765. The van der Waals surface area contributed by atoms with Crippen LogP contribution in [-0.4, -0.2) is 29.2 Å². The van der Waals surface area contributed by atoms with Gasteiger partial charge in [-0.1, -0.05) is 24.3 Å². The summed E-state index contributed by atoms with van der Waals surface area (Å²) in [6.45, 7) is -0.156. The van der Waals surface area contributed by atoms with Gasteiger partial charge in [0.2, 0.25) is 17.7 Å². The number of imide groups is 1. The minimum atomic E-state index is -0.264. The molecule has 0 saturated carbocycles. The highest BCUT2D eigenvalue weighted by Gasteiger charge is 2.31. The molecule has 1 N–H and O–H groups in total. The molecule has 1 aliphatic heterocycles. The largest absolute Gasteiger partial charge is 0.348 e. The van der Waals surface area contributed by atoms with Crippen LogP contribution in [0.15, 0.2) is 24.3 Å². The zero-order chi connectivity index (χ0) is 14.8. The third-order valence-corrected chi connectivity index (χ3v) is 4.16. The topological polar surface area (TPSA) is 66.5 Å². The molecule has 1 aromatic carbocycles. The van der Waals surface area contributed by atoms with Crippen molar-refractivity contribution in [2.45, 2.75) is 38.1 Å². The number of amides is 3. The number of hydrogen-bond donors (Lipinski definition) is 1. The van der Waals surface area contributed by atoms with Crippen molar-refractivity contribution in [3.05, 3.63) is 35.4 Å². The molecule has 1 heterocycles. The Kier molecular flexibility index (Phi) is 3.73. The summed E-state index contributed by atoms with van der Waals surface area (Å²) >= 11 is 0. The Labute approximate surface area is 123 Å². The van der Waals surface area contributed by atoms with Gasteiger partial charge in [0.15, 0.2) is 0 Å². The van der Waals surface area contributed by atoms with Crippen LogP contribution in [0.5, 0.6) is 0 Å². The van der Waals surface area contributed by atoms with E-state index in [1.54, 1.807) is 0 Å². The Bertz CT molecular complexity index is 581. The van der Waals surface area contributed by atoms with Crippen molar-refractivity contribution < 1.29 is 14.4 Å². The van der Waals surface area contributed by atoms with Crippen molar-refractivity contribution in [3.63, 3.8) is 0 Å². The number of benzene rings is 1. The van der Waals surface area contributed by atoms with Crippen LogP contribution < -0.4 is 5.32 Å². The predicted octanol–water partition coefficient (Wildman–Crippen LogP) is 1.33. The Morgan fingerprint density at radius 1 is 1.14 bits per heavy atom. The average molecular weight is 286 g/mol. The Morgan fingerprint density at radius 3 is 2.62 bits per heavy atom. The highest BCUT2D eigenvalue weighted by Crippen LogP contribution is 2.29. The van der Waals surface area contributed by atoms with E-state index >= 15 is 0 Å². The van der Waals surface area contributed by atoms with Crippen LogP contribution >= 0.6 is 0 Å². The highest BCUT2D eigenvalue weighted by molar-refractivity contribution is 6.04. The number of nitrogens with zero attached hydrogens (tertiary/aromatic N) is 1. The molecule has 110 valence electrons. The predicted molar refractivity (Wildman–Crippen MR) is 76.2 cm³/mol. The first-order valence-electron chi connectivity index (χ1n) is 7.35. The minimum Gasteiger partial charge on any atom is -0.348 e. The first-order valence-corrected chi connectivity index (χ1v) is 7.35. The van der Waals surface area contributed by atoms with Gasteiger partial charge in [0.05, 0.1) is 6.04 Å². The van der Waals surface area contributed by atoms with Crippen LogP contribution in [0.4, 0.5) is 0 Å². The fourth-order valence-corrected chi connectivity index (χ4v) is 3.09. The standard InChI is InChI=1S/C16H18N2O3/c19-14(10-18-15(20)8-9-16(18)21)17-13-7-3-5-11-4-1-2-6-12(11)13/h1-2,4,6,13H,3,5,7-10H2,(H,17,19)/t13-/m1/s1. The summed E-state index contributed by atoms with van der Waals surface area (Å²) in [7, 11) is 0. The molecule has 0 unspecified atom stereocenters. The van der Waals surface area contributed by atoms with Crippen LogP contribution in [0.1, 0.15) is 42.9 Å². The van der Waals surface area contributed by atoms with Gasteiger partial charge in [0, 0.05) is 12.8 Å². The van der Waals surface area contributed by atoms with Crippen molar-refractivity contribution in [1.82, 2.24) is 10.2 Å². The van der Waals surface area contributed by atoms with Gasteiger partial charge in [-0.2, -0.15) is 0 Å². The van der Waals surface area contributed by atoms with Crippen molar-refractivity contribution in [3.8, 4) is 0 Å². The maximum Gasteiger partial charge on any atom is 0.240 e. The van der Waals surface area contributed by atoms with Crippen LogP contribution in [-0.2, 0) is 20.8 Å². The molecule has 1 saturated heterocycles. The number of aryl methyl sites for hydroxylation is 1. The van der Waals surface area contributed by atoms with Gasteiger partial charge < -0.3 is 5.32 Å². The lowest BCUT2D eigenvalue weighted by atomic mass is 9.88. The smallest absolute Gasteiger partial charge is 0.240 e. The molecule has 1 fully saturated rings. The number of hydrogen-bond acceptors (Lipinski definition) is 3. The number of likely N-dealkylation sites (tertiary alicyclic amines) is 1. The van der Waals surface area contributed by atoms with Crippen molar-refractivity contribution in [2.75, 3.05) is 6.54 Å². The quantitative estimate of drug-likeness (QED) is 0.852. The molecule has 1 aromatic rings. The van der Waals surface area contributed by atoms with E-state index in [1.807, 2.05) is 18.2 Å². The molecular weight excluding hydrogens is 268 g/mol. The molecule has 5 nitrogen and oxygen atoms in total. The number of carbonyl (C=O) groups excluding carboxylic acids is 3. The van der Waals surface area contributed by atoms with Crippen LogP contribution in [0, 0.1) is 0 Å². The van der Waals surface area contributed by atoms with E-state index in [1.165, 1.54) is 5.56 Å². The van der Waals surface area contributed by atoms with Gasteiger partial charge in [-0.25, -0.2) is 0 Å². The molecule has 3 amide bonds. The second-order valence-corrected chi connectivity index (χ2v) is 5.58. The Hall–Kier alpha value is -2.17. The molecule has 2 aliphatic rings. The highest BCUT2D eigenvalue weighted by atomic mass is 16.2. The number of carbonyl (C=O) groups is 3. The first kappa shape index (κ1) is 13.8. The lowest BCUT2D eigenvalue weighted by Gasteiger charge is -2.27. The maximum atomic E-state index is 12.1. The van der Waals surface area contributed by atoms with Gasteiger partial charge in [-0.05, 0) is 30.4 Å². The van der Waals surface area contributed by atoms with Crippen LogP contribution in [0.3, 0.4) is 0 Å². The molecule has 3 rings (SSSR count). The molecule has 21 heavy (non-hydrogen) atoms. The summed E-state index contributed by atoms with van der Waals surface area (Å²) in [6, 6.07) is 8.07. The van der Waals surface area contributed by atoms with E-state index in [2.05, 4.69) is 11.4 Å². The van der Waals surface area contributed by atoms with Gasteiger partial charge in [-0.15, -0.1) is 0 Å². The lowest BCUT2D eigenvalue weighted by Crippen LogP contribution is -2.41. The van der Waals surface area contributed by atoms with Crippen molar-refractivity contribution in [2.24, 2.45) is 0 Å². The number of rotatable bonds is 3. The third-order valence-electron chi connectivity index (χ3n) is 4.16. The summed E-state index contributed by atoms with van der Waals surface area (Å²) in [5.41, 5.74) is 2.42. The minimum absolute atomic E-state index is 0.0183. The van der Waals surface area contributed by atoms with Gasteiger partial charge in [-0.3, -0.25) is 19.3 Å². The summed E-state index contributed by atoms with van der Waals surface area (Å²) < 4.78 is 0. The zero-order valence-electron chi connectivity index (χ0n) is 11.8. The van der Waals surface area contributed by atoms with E-state index in [0.29, 0.717) is 0 Å². The fourth-order valence-electron chi connectivity index (χ4n) is 3.09. The maximum absolute atomic E-state index is 12.1. The van der Waals surface area contributed by atoms with E-state index in [0.717, 1.165) is 29.7 Å². The zero-order valence-corrected chi connectivity index (χ0v) is 11.8.